The second-order valence-corrected chi connectivity index (χ2v) is 17.6. The summed E-state index contributed by atoms with van der Waals surface area (Å²) < 4.78 is 11.1. The maximum absolute atomic E-state index is 11.5. The fourth-order valence-corrected chi connectivity index (χ4v) is 12.0. The van der Waals surface area contributed by atoms with E-state index in [2.05, 4.69) is 27.7 Å². The molecule has 4 bridgehead atoms. The molecule has 0 aliphatic heterocycles. The second-order valence-electron chi connectivity index (χ2n) is 17.6. The lowest BCUT2D eigenvalue weighted by Gasteiger charge is -2.38. The molecular weight excluding hydrogens is 556 g/mol. The van der Waals surface area contributed by atoms with E-state index in [1.807, 2.05) is 0 Å². The molecule has 0 heterocycles. The van der Waals surface area contributed by atoms with E-state index in [1.165, 1.54) is 83.5 Å². The van der Waals surface area contributed by atoms with Gasteiger partial charge in [-0.25, -0.2) is 0 Å². The first-order valence-electron chi connectivity index (χ1n) is 20.2. The van der Waals surface area contributed by atoms with Crippen LogP contribution < -0.4 is 0 Å². The zero-order chi connectivity index (χ0) is 32.0. The van der Waals surface area contributed by atoms with Crippen LogP contribution in [-0.2, 0) is 9.47 Å². The lowest BCUT2D eigenvalue weighted by Crippen LogP contribution is -2.38. The molecule has 6 saturated carbocycles. The van der Waals surface area contributed by atoms with Crippen molar-refractivity contribution in [3.8, 4) is 0 Å². The Balaban J connectivity index is 0.000000179. The molecule has 0 amide bonds. The van der Waals surface area contributed by atoms with Crippen LogP contribution in [-0.4, -0.2) is 48.3 Å². The zero-order valence-electron chi connectivity index (χ0n) is 30.3. The first-order valence-corrected chi connectivity index (χ1v) is 20.2. The SMILES string of the molecule is CC1C2CC(CC(O)CCCOC3CCCC3)C(C2)C1C.COCCCCC(O)(CCC1CC2CC1C(C)C2C)C1CCCC1. The lowest BCUT2D eigenvalue weighted by molar-refractivity contribution is -0.0417. The standard InChI is InChI=1S/C22H40O2.C19H34O2/c1-16-17(2)21-15-19(16)14-18(21)10-12-22(23,11-6-7-13-24-3)20-8-4-5-9-20;1-13-14(2)19-12-15(13)10-16(19)11-17(20)6-5-9-21-18-7-3-4-8-18/h16-21,23H,4-15H2,1-3H3;13-20H,3-12H2,1-2H3. The van der Waals surface area contributed by atoms with E-state index in [1.54, 1.807) is 7.11 Å². The van der Waals surface area contributed by atoms with Gasteiger partial charge < -0.3 is 19.7 Å². The van der Waals surface area contributed by atoms with Crippen molar-refractivity contribution in [3.63, 3.8) is 0 Å². The highest BCUT2D eigenvalue weighted by Gasteiger charge is 2.50. The number of ether oxygens (including phenoxy) is 2. The third kappa shape index (κ3) is 9.10. The summed E-state index contributed by atoms with van der Waals surface area (Å²) in [6, 6.07) is 0. The van der Waals surface area contributed by atoms with Crippen LogP contribution in [0.4, 0.5) is 0 Å². The van der Waals surface area contributed by atoms with Crippen LogP contribution in [0.15, 0.2) is 0 Å². The normalized spacial score (nSPS) is 39.8. The Morgan fingerprint density at radius 2 is 1.29 bits per heavy atom. The van der Waals surface area contributed by atoms with Crippen molar-refractivity contribution in [1.29, 1.82) is 0 Å². The fourth-order valence-electron chi connectivity index (χ4n) is 12.0. The van der Waals surface area contributed by atoms with Crippen molar-refractivity contribution in [3.05, 3.63) is 0 Å². The average Bonchev–Trinajstić information content (AvgIpc) is 3.88. The average molecular weight is 631 g/mol. The smallest absolute Gasteiger partial charge is 0.0676 e. The largest absolute Gasteiger partial charge is 0.393 e. The van der Waals surface area contributed by atoms with Gasteiger partial charge in [0, 0.05) is 20.3 Å². The van der Waals surface area contributed by atoms with Gasteiger partial charge >= 0.3 is 0 Å². The Morgan fingerprint density at radius 1 is 0.689 bits per heavy atom. The number of fused-ring (bicyclic) bond motifs is 4. The third-order valence-corrected chi connectivity index (χ3v) is 15.3. The van der Waals surface area contributed by atoms with Crippen LogP contribution in [0, 0.1) is 65.1 Å². The van der Waals surface area contributed by atoms with Crippen LogP contribution >= 0.6 is 0 Å². The summed E-state index contributed by atoms with van der Waals surface area (Å²) in [6.07, 6.45) is 25.1. The Kier molecular flexibility index (Phi) is 13.6. The molecule has 12 unspecified atom stereocenters. The van der Waals surface area contributed by atoms with Gasteiger partial charge in [0.25, 0.3) is 0 Å². The van der Waals surface area contributed by atoms with Gasteiger partial charge in [-0.15, -0.1) is 0 Å². The van der Waals surface area contributed by atoms with Crippen molar-refractivity contribution in [2.75, 3.05) is 20.3 Å². The van der Waals surface area contributed by atoms with Crippen molar-refractivity contribution in [1.82, 2.24) is 0 Å². The van der Waals surface area contributed by atoms with Crippen LogP contribution in [0.3, 0.4) is 0 Å². The summed E-state index contributed by atoms with van der Waals surface area (Å²) >= 11 is 0. The second kappa shape index (κ2) is 17.0. The molecule has 0 aromatic heterocycles. The molecule has 0 aromatic carbocycles. The molecule has 0 radical (unpaired) electrons. The van der Waals surface area contributed by atoms with E-state index in [0.717, 1.165) is 117 Å². The molecule has 0 spiro atoms. The summed E-state index contributed by atoms with van der Waals surface area (Å²) in [6.45, 7) is 11.5. The molecule has 0 saturated heterocycles. The maximum atomic E-state index is 11.5. The number of methoxy groups -OCH3 is 1. The first kappa shape index (κ1) is 36.1. The van der Waals surface area contributed by atoms with E-state index in [0.29, 0.717) is 12.0 Å². The summed E-state index contributed by atoms with van der Waals surface area (Å²) in [5, 5.41) is 21.8. The van der Waals surface area contributed by atoms with Gasteiger partial charge in [-0.2, -0.15) is 0 Å². The van der Waals surface area contributed by atoms with Crippen LogP contribution in [0.1, 0.15) is 156 Å². The molecule has 4 nitrogen and oxygen atoms in total. The van der Waals surface area contributed by atoms with E-state index in [9.17, 15) is 10.2 Å². The Hall–Kier alpha value is -0.160. The van der Waals surface area contributed by atoms with E-state index in [4.69, 9.17) is 9.47 Å². The van der Waals surface area contributed by atoms with Gasteiger partial charge in [0.15, 0.2) is 0 Å². The highest BCUT2D eigenvalue weighted by Crippen LogP contribution is 2.57. The van der Waals surface area contributed by atoms with Crippen molar-refractivity contribution < 1.29 is 19.7 Å². The molecule has 2 N–H and O–H groups in total. The summed E-state index contributed by atoms with van der Waals surface area (Å²) in [4.78, 5) is 0. The van der Waals surface area contributed by atoms with Crippen molar-refractivity contribution in [2.24, 2.45) is 65.1 Å². The predicted octanol–water partition coefficient (Wildman–Crippen LogP) is 9.84. The number of hydrogen-bond acceptors (Lipinski definition) is 4. The molecule has 6 rings (SSSR count). The van der Waals surface area contributed by atoms with Crippen LogP contribution in [0.2, 0.25) is 0 Å². The molecule has 0 aromatic rings. The minimum Gasteiger partial charge on any atom is -0.393 e. The molecule has 6 aliphatic carbocycles. The molecule has 12 atom stereocenters. The molecular formula is C41H74O4. The molecule has 6 aliphatic rings. The Bertz CT molecular complexity index is 846. The van der Waals surface area contributed by atoms with Gasteiger partial charge in [-0.05, 0) is 168 Å². The molecule has 6 fully saturated rings. The Labute approximate surface area is 278 Å². The third-order valence-electron chi connectivity index (χ3n) is 15.3. The number of rotatable bonds is 16. The van der Waals surface area contributed by atoms with Gasteiger partial charge in [0.1, 0.15) is 0 Å². The number of unbranched alkanes of at least 4 members (excludes halogenated alkanes) is 1. The van der Waals surface area contributed by atoms with Crippen LogP contribution in [0.5, 0.6) is 0 Å². The molecule has 4 heteroatoms. The lowest BCUT2D eigenvalue weighted by atomic mass is 9.71. The highest BCUT2D eigenvalue weighted by atomic mass is 16.5. The molecule has 45 heavy (non-hydrogen) atoms. The maximum Gasteiger partial charge on any atom is 0.0676 e. The van der Waals surface area contributed by atoms with Crippen molar-refractivity contribution in [2.45, 2.75) is 174 Å². The number of aliphatic hydroxyl groups is 2. The van der Waals surface area contributed by atoms with E-state index in [-0.39, 0.29) is 11.7 Å². The number of hydrogen-bond donors (Lipinski definition) is 2. The van der Waals surface area contributed by atoms with E-state index < -0.39 is 0 Å². The molecule has 262 valence electrons. The van der Waals surface area contributed by atoms with Crippen LogP contribution in [0.25, 0.3) is 0 Å². The van der Waals surface area contributed by atoms with E-state index >= 15 is 0 Å². The quantitative estimate of drug-likeness (QED) is 0.167. The predicted molar refractivity (Wildman–Crippen MR) is 186 cm³/mol. The Morgan fingerprint density at radius 3 is 1.89 bits per heavy atom. The summed E-state index contributed by atoms with van der Waals surface area (Å²) in [7, 11) is 1.78. The van der Waals surface area contributed by atoms with Gasteiger partial charge in [0.2, 0.25) is 0 Å². The first-order chi connectivity index (χ1) is 21.7. The zero-order valence-corrected chi connectivity index (χ0v) is 30.3. The van der Waals surface area contributed by atoms with Crippen molar-refractivity contribution >= 4 is 0 Å². The summed E-state index contributed by atoms with van der Waals surface area (Å²) in [5.41, 5.74) is -0.388. The topological polar surface area (TPSA) is 58.9 Å². The van der Waals surface area contributed by atoms with Gasteiger partial charge in [-0.1, -0.05) is 53.4 Å². The van der Waals surface area contributed by atoms with Gasteiger partial charge in [-0.3, -0.25) is 0 Å². The fraction of sp³-hybridized carbons (Fsp3) is 1.00. The minimum absolute atomic E-state index is 0.0935. The minimum atomic E-state index is -0.388. The van der Waals surface area contributed by atoms with Gasteiger partial charge in [0.05, 0.1) is 17.8 Å². The monoisotopic (exact) mass is 631 g/mol. The number of aliphatic hydroxyl groups excluding tert-OH is 1. The summed E-state index contributed by atoms with van der Waals surface area (Å²) in [5.74, 6) is 9.69. The highest BCUT2D eigenvalue weighted by molar-refractivity contribution is 5.00.